The van der Waals surface area contributed by atoms with Crippen molar-refractivity contribution < 1.29 is 9.53 Å². The van der Waals surface area contributed by atoms with Crippen LogP contribution in [-0.2, 0) is 9.53 Å². The highest BCUT2D eigenvalue weighted by molar-refractivity contribution is 7.99. The van der Waals surface area contributed by atoms with Gasteiger partial charge in [0.25, 0.3) is 0 Å². The molecule has 1 aliphatic heterocycles. The smallest absolute Gasteiger partial charge is 0.315 e. The van der Waals surface area contributed by atoms with Crippen molar-refractivity contribution in [1.82, 2.24) is 5.32 Å². The van der Waals surface area contributed by atoms with E-state index in [9.17, 15) is 4.79 Å². The lowest BCUT2D eigenvalue weighted by Gasteiger charge is -2.07. The Labute approximate surface area is 77.2 Å². The Morgan fingerprint density at radius 1 is 1.75 bits per heavy atom. The monoisotopic (exact) mass is 189 g/mol. The SMILES string of the molecule is COC(=O)CSCC1CCCN1. The standard InChI is InChI=1S/C8H15NO2S/c1-11-8(10)6-12-5-7-3-2-4-9-7/h7,9H,2-6H2,1H3. The fraction of sp³-hybridized carbons (Fsp3) is 0.875. The predicted octanol–water partition coefficient (Wildman–Crippen LogP) is 0.645. The molecule has 1 unspecified atom stereocenters. The average Bonchev–Trinajstić information content (AvgIpc) is 2.57. The van der Waals surface area contributed by atoms with E-state index in [4.69, 9.17) is 0 Å². The van der Waals surface area contributed by atoms with Gasteiger partial charge in [-0.3, -0.25) is 4.79 Å². The molecule has 70 valence electrons. The quantitative estimate of drug-likeness (QED) is 0.659. The van der Waals surface area contributed by atoms with Crippen molar-refractivity contribution in [2.24, 2.45) is 0 Å². The molecule has 1 rings (SSSR count). The number of carbonyl (C=O) groups is 1. The molecule has 0 aliphatic carbocycles. The van der Waals surface area contributed by atoms with Crippen molar-refractivity contribution in [1.29, 1.82) is 0 Å². The van der Waals surface area contributed by atoms with Crippen molar-refractivity contribution >= 4 is 17.7 Å². The van der Waals surface area contributed by atoms with Crippen LogP contribution in [0.4, 0.5) is 0 Å². The van der Waals surface area contributed by atoms with Gasteiger partial charge >= 0.3 is 5.97 Å². The van der Waals surface area contributed by atoms with Gasteiger partial charge in [-0.1, -0.05) is 0 Å². The van der Waals surface area contributed by atoms with Crippen LogP contribution in [0.1, 0.15) is 12.8 Å². The number of rotatable bonds is 4. The third kappa shape index (κ3) is 3.45. The van der Waals surface area contributed by atoms with Gasteiger partial charge in [0.1, 0.15) is 0 Å². The largest absolute Gasteiger partial charge is 0.468 e. The van der Waals surface area contributed by atoms with E-state index in [1.807, 2.05) is 0 Å². The van der Waals surface area contributed by atoms with Gasteiger partial charge in [-0.15, -0.1) is 11.8 Å². The van der Waals surface area contributed by atoms with Crippen LogP contribution < -0.4 is 5.32 Å². The predicted molar refractivity (Wildman–Crippen MR) is 50.4 cm³/mol. The number of thioether (sulfide) groups is 1. The molecule has 1 heterocycles. The molecule has 4 heteroatoms. The second-order valence-electron chi connectivity index (χ2n) is 2.88. The van der Waals surface area contributed by atoms with Gasteiger partial charge in [-0.25, -0.2) is 0 Å². The van der Waals surface area contributed by atoms with E-state index >= 15 is 0 Å². The molecular formula is C8H15NO2S. The third-order valence-corrected chi connectivity index (χ3v) is 3.01. The van der Waals surface area contributed by atoms with Crippen LogP contribution in [-0.4, -0.2) is 37.2 Å². The lowest BCUT2D eigenvalue weighted by molar-refractivity contribution is -0.137. The minimum absolute atomic E-state index is 0.127. The number of nitrogens with one attached hydrogen (secondary N) is 1. The lowest BCUT2D eigenvalue weighted by Crippen LogP contribution is -2.24. The molecule has 0 spiro atoms. The van der Waals surface area contributed by atoms with Crippen LogP contribution in [0.15, 0.2) is 0 Å². The van der Waals surface area contributed by atoms with Crippen molar-refractivity contribution in [3.05, 3.63) is 0 Å². The Bertz CT molecular complexity index is 146. The summed E-state index contributed by atoms with van der Waals surface area (Å²) in [5.74, 6) is 1.38. The van der Waals surface area contributed by atoms with Gasteiger partial charge in [-0.2, -0.15) is 0 Å². The van der Waals surface area contributed by atoms with Gasteiger partial charge in [0.2, 0.25) is 0 Å². The van der Waals surface area contributed by atoms with E-state index in [0.29, 0.717) is 11.8 Å². The summed E-state index contributed by atoms with van der Waals surface area (Å²) in [6.45, 7) is 1.13. The zero-order valence-corrected chi connectivity index (χ0v) is 8.15. The van der Waals surface area contributed by atoms with Crippen LogP contribution in [0.5, 0.6) is 0 Å². The normalized spacial score (nSPS) is 22.6. The fourth-order valence-corrected chi connectivity index (χ4v) is 2.21. The maximum Gasteiger partial charge on any atom is 0.315 e. The maximum atomic E-state index is 10.7. The number of hydrogen-bond donors (Lipinski definition) is 1. The molecule has 1 fully saturated rings. The van der Waals surface area contributed by atoms with Crippen LogP contribution in [0.3, 0.4) is 0 Å². The summed E-state index contributed by atoms with van der Waals surface area (Å²) in [5, 5.41) is 3.38. The molecular weight excluding hydrogens is 174 g/mol. The topological polar surface area (TPSA) is 38.3 Å². The highest BCUT2D eigenvalue weighted by Gasteiger charge is 2.14. The zero-order valence-electron chi connectivity index (χ0n) is 7.34. The van der Waals surface area contributed by atoms with E-state index < -0.39 is 0 Å². The Morgan fingerprint density at radius 3 is 3.17 bits per heavy atom. The number of methoxy groups -OCH3 is 1. The minimum Gasteiger partial charge on any atom is -0.468 e. The Kier molecular flexibility index (Phi) is 4.46. The Balaban J connectivity index is 1.97. The lowest BCUT2D eigenvalue weighted by atomic mass is 10.3. The number of hydrogen-bond acceptors (Lipinski definition) is 4. The maximum absolute atomic E-state index is 10.7. The first-order valence-corrected chi connectivity index (χ1v) is 5.36. The van der Waals surface area contributed by atoms with Crippen LogP contribution in [0, 0.1) is 0 Å². The zero-order chi connectivity index (χ0) is 8.81. The average molecular weight is 189 g/mol. The van der Waals surface area contributed by atoms with Crippen LogP contribution in [0.2, 0.25) is 0 Å². The summed E-state index contributed by atoms with van der Waals surface area (Å²) in [5.41, 5.74) is 0. The van der Waals surface area contributed by atoms with Crippen molar-refractivity contribution in [2.45, 2.75) is 18.9 Å². The van der Waals surface area contributed by atoms with Crippen molar-refractivity contribution in [3.63, 3.8) is 0 Å². The third-order valence-electron chi connectivity index (χ3n) is 1.93. The molecule has 0 aromatic heterocycles. The van der Waals surface area contributed by atoms with E-state index in [0.717, 1.165) is 12.3 Å². The fourth-order valence-electron chi connectivity index (χ4n) is 1.24. The van der Waals surface area contributed by atoms with E-state index in [1.165, 1.54) is 20.0 Å². The second-order valence-corrected chi connectivity index (χ2v) is 3.91. The number of esters is 1. The molecule has 0 aromatic carbocycles. The highest BCUT2D eigenvalue weighted by atomic mass is 32.2. The summed E-state index contributed by atoms with van der Waals surface area (Å²) in [4.78, 5) is 10.7. The molecule has 1 saturated heterocycles. The first kappa shape index (κ1) is 9.86. The van der Waals surface area contributed by atoms with Crippen molar-refractivity contribution in [2.75, 3.05) is 25.2 Å². The Hall–Kier alpha value is -0.220. The summed E-state index contributed by atoms with van der Waals surface area (Å²) in [6.07, 6.45) is 2.51. The number of carbonyl (C=O) groups excluding carboxylic acids is 1. The molecule has 3 nitrogen and oxygen atoms in total. The molecule has 0 saturated carbocycles. The van der Waals surface area contributed by atoms with E-state index in [-0.39, 0.29) is 5.97 Å². The van der Waals surface area contributed by atoms with Gasteiger partial charge in [-0.05, 0) is 19.4 Å². The van der Waals surface area contributed by atoms with Gasteiger partial charge in [0.15, 0.2) is 0 Å². The molecule has 0 amide bonds. The minimum atomic E-state index is -0.127. The summed E-state index contributed by atoms with van der Waals surface area (Å²) in [6, 6.07) is 0.611. The van der Waals surface area contributed by atoms with Gasteiger partial charge in [0, 0.05) is 11.8 Å². The van der Waals surface area contributed by atoms with Crippen molar-refractivity contribution in [3.8, 4) is 0 Å². The first-order valence-electron chi connectivity index (χ1n) is 4.21. The summed E-state index contributed by atoms with van der Waals surface area (Å²) in [7, 11) is 1.43. The summed E-state index contributed by atoms with van der Waals surface area (Å²) >= 11 is 1.65. The molecule has 0 aromatic rings. The van der Waals surface area contributed by atoms with E-state index in [2.05, 4.69) is 10.1 Å². The van der Waals surface area contributed by atoms with Crippen LogP contribution in [0.25, 0.3) is 0 Å². The molecule has 1 N–H and O–H groups in total. The molecule has 12 heavy (non-hydrogen) atoms. The molecule has 0 bridgehead atoms. The van der Waals surface area contributed by atoms with E-state index in [1.54, 1.807) is 11.8 Å². The molecule has 1 aliphatic rings. The highest BCUT2D eigenvalue weighted by Crippen LogP contribution is 2.11. The number of ether oxygens (including phenoxy) is 1. The first-order chi connectivity index (χ1) is 5.83. The molecule has 1 atom stereocenters. The second kappa shape index (κ2) is 5.43. The molecule has 0 radical (unpaired) electrons. The van der Waals surface area contributed by atoms with Gasteiger partial charge in [0.05, 0.1) is 12.9 Å². The summed E-state index contributed by atoms with van der Waals surface area (Å²) < 4.78 is 4.53. The van der Waals surface area contributed by atoms with Gasteiger partial charge < -0.3 is 10.1 Å². The Morgan fingerprint density at radius 2 is 2.58 bits per heavy atom. The van der Waals surface area contributed by atoms with Crippen LogP contribution >= 0.6 is 11.8 Å².